The Balaban J connectivity index is 2.79. The zero-order valence-corrected chi connectivity index (χ0v) is 11.4. The molecule has 0 aromatic carbocycles. The average molecular weight is 268 g/mol. The van der Waals surface area contributed by atoms with Gasteiger partial charge in [0, 0.05) is 18.1 Å². The number of carbonyl (C=O) groups excluding carboxylic acids is 1. The highest BCUT2D eigenvalue weighted by Crippen LogP contribution is 2.33. The number of hydrogen-bond donors (Lipinski definition) is 2. The highest BCUT2D eigenvalue weighted by molar-refractivity contribution is 5.90. The fraction of sp³-hybridized carbons (Fsp3) is 0.571. The highest BCUT2D eigenvalue weighted by atomic mass is 16.5. The van der Waals surface area contributed by atoms with E-state index in [9.17, 15) is 14.7 Å². The average Bonchev–Trinajstić information content (AvgIpc) is 2.24. The summed E-state index contributed by atoms with van der Waals surface area (Å²) >= 11 is 0. The molecular weight excluding hydrogens is 248 g/mol. The number of ether oxygens (including phenoxy) is 1. The number of allylic oxidation sites excluding steroid dienone is 1. The summed E-state index contributed by atoms with van der Waals surface area (Å²) in [5, 5.41) is 18.5. The van der Waals surface area contributed by atoms with E-state index < -0.39 is 23.6 Å². The lowest BCUT2D eigenvalue weighted by Crippen LogP contribution is -2.42. The van der Waals surface area contributed by atoms with E-state index in [4.69, 9.17) is 9.84 Å². The van der Waals surface area contributed by atoms with E-state index in [0.717, 1.165) is 30.6 Å². The molecule has 2 atom stereocenters. The van der Waals surface area contributed by atoms with Crippen LogP contribution in [0.3, 0.4) is 0 Å². The van der Waals surface area contributed by atoms with Crippen molar-refractivity contribution in [2.75, 3.05) is 0 Å². The van der Waals surface area contributed by atoms with Crippen molar-refractivity contribution in [1.82, 2.24) is 0 Å². The standard InChI is InChI=1S/C14H20O5/c1-9-4-5-10(14(2,3)18)11(8-9)19-13(17)7-6-12(15)16/h6-8,10-11,18H,4-5H2,1-3H3,(H,15,16)/b7-6-. The molecule has 0 aromatic rings. The van der Waals surface area contributed by atoms with Gasteiger partial charge in [0.05, 0.1) is 5.60 Å². The minimum Gasteiger partial charge on any atom is -0.478 e. The first-order valence-electron chi connectivity index (χ1n) is 6.21. The number of carboxylic acids is 1. The van der Waals surface area contributed by atoms with Crippen molar-refractivity contribution in [2.24, 2.45) is 5.92 Å². The van der Waals surface area contributed by atoms with Crippen molar-refractivity contribution < 1.29 is 24.5 Å². The predicted molar refractivity (Wildman–Crippen MR) is 69.4 cm³/mol. The molecule has 19 heavy (non-hydrogen) atoms. The molecule has 0 spiro atoms. The maximum atomic E-state index is 11.5. The van der Waals surface area contributed by atoms with Gasteiger partial charge in [0.25, 0.3) is 0 Å². The van der Waals surface area contributed by atoms with Crippen molar-refractivity contribution in [2.45, 2.75) is 45.3 Å². The molecule has 1 aliphatic carbocycles. The largest absolute Gasteiger partial charge is 0.478 e. The molecule has 0 amide bonds. The van der Waals surface area contributed by atoms with Gasteiger partial charge in [-0.15, -0.1) is 0 Å². The summed E-state index contributed by atoms with van der Waals surface area (Å²) in [5.41, 5.74) is 0.138. The number of hydrogen-bond acceptors (Lipinski definition) is 4. The molecule has 0 saturated heterocycles. The monoisotopic (exact) mass is 268 g/mol. The van der Waals surface area contributed by atoms with Crippen LogP contribution in [0.4, 0.5) is 0 Å². The molecule has 2 N–H and O–H groups in total. The molecule has 106 valence electrons. The Kier molecular flexibility index (Phi) is 4.89. The Morgan fingerprint density at radius 2 is 2.05 bits per heavy atom. The fourth-order valence-corrected chi connectivity index (χ4v) is 2.21. The molecule has 0 aliphatic heterocycles. The van der Waals surface area contributed by atoms with E-state index in [-0.39, 0.29) is 5.92 Å². The predicted octanol–water partition coefficient (Wildman–Crippen LogP) is 1.67. The minimum absolute atomic E-state index is 0.196. The van der Waals surface area contributed by atoms with Crippen LogP contribution in [0.25, 0.3) is 0 Å². The Morgan fingerprint density at radius 3 is 2.58 bits per heavy atom. The van der Waals surface area contributed by atoms with Crippen LogP contribution in [-0.2, 0) is 14.3 Å². The molecule has 1 rings (SSSR count). The van der Waals surface area contributed by atoms with E-state index in [2.05, 4.69) is 0 Å². The van der Waals surface area contributed by atoms with E-state index in [1.807, 2.05) is 13.0 Å². The normalized spacial score (nSPS) is 24.1. The van der Waals surface area contributed by atoms with Crippen LogP contribution in [0, 0.1) is 5.92 Å². The zero-order chi connectivity index (χ0) is 14.6. The second-order valence-electron chi connectivity index (χ2n) is 5.38. The molecule has 0 saturated carbocycles. The van der Waals surface area contributed by atoms with Crippen LogP contribution in [-0.4, -0.2) is 33.9 Å². The second kappa shape index (κ2) is 6.02. The molecule has 0 radical (unpaired) electrons. The van der Waals surface area contributed by atoms with Crippen LogP contribution in [0.5, 0.6) is 0 Å². The summed E-state index contributed by atoms with van der Waals surface area (Å²) in [6.45, 7) is 5.30. The number of rotatable bonds is 4. The third-order valence-electron chi connectivity index (χ3n) is 3.22. The van der Waals surface area contributed by atoms with Gasteiger partial charge in [0.15, 0.2) is 0 Å². The Bertz CT molecular complexity index is 414. The van der Waals surface area contributed by atoms with Crippen LogP contribution in [0.15, 0.2) is 23.8 Å². The summed E-state index contributed by atoms with van der Waals surface area (Å²) in [5.74, 6) is -2.11. The van der Waals surface area contributed by atoms with Gasteiger partial charge in [0.2, 0.25) is 0 Å². The Hall–Kier alpha value is -1.62. The number of aliphatic carboxylic acids is 1. The van der Waals surface area contributed by atoms with Gasteiger partial charge in [-0.2, -0.15) is 0 Å². The zero-order valence-electron chi connectivity index (χ0n) is 11.4. The molecule has 0 heterocycles. The first-order chi connectivity index (χ1) is 8.70. The third kappa shape index (κ3) is 4.87. The lowest BCUT2D eigenvalue weighted by atomic mass is 9.78. The van der Waals surface area contributed by atoms with Crippen molar-refractivity contribution in [1.29, 1.82) is 0 Å². The molecule has 0 aromatic heterocycles. The van der Waals surface area contributed by atoms with Crippen LogP contribution in [0.1, 0.15) is 33.6 Å². The van der Waals surface area contributed by atoms with Gasteiger partial charge in [0.1, 0.15) is 6.10 Å². The SMILES string of the molecule is CC1=CC(OC(=O)/C=C\C(=O)O)C(C(C)(C)O)CC1. The molecule has 0 bridgehead atoms. The summed E-state index contributed by atoms with van der Waals surface area (Å²) in [4.78, 5) is 21.8. The number of esters is 1. The molecule has 5 nitrogen and oxygen atoms in total. The molecule has 0 fully saturated rings. The van der Waals surface area contributed by atoms with Crippen molar-refractivity contribution in [3.8, 4) is 0 Å². The molecule has 2 unspecified atom stereocenters. The van der Waals surface area contributed by atoms with Gasteiger partial charge in [-0.05, 0) is 39.7 Å². The highest BCUT2D eigenvalue weighted by Gasteiger charge is 2.36. The first kappa shape index (κ1) is 15.4. The van der Waals surface area contributed by atoms with Crippen molar-refractivity contribution in [3.05, 3.63) is 23.8 Å². The van der Waals surface area contributed by atoms with Crippen molar-refractivity contribution in [3.63, 3.8) is 0 Å². The van der Waals surface area contributed by atoms with Crippen LogP contribution < -0.4 is 0 Å². The maximum Gasteiger partial charge on any atom is 0.331 e. The minimum atomic E-state index is -1.20. The number of carbonyl (C=O) groups is 2. The maximum absolute atomic E-state index is 11.5. The summed E-state index contributed by atoms with van der Waals surface area (Å²) < 4.78 is 5.23. The second-order valence-corrected chi connectivity index (χ2v) is 5.38. The smallest absolute Gasteiger partial charge is 0.331 e. The van der Waals surface area contributed by atoms with Gasteiger partial charge < -0.3 is 14.9 Å². The third-order valence-corrected chi connectivity index (χ3v) is 3.22. The van der Waals surface area contributed by atoms with E-state index in [1.54, 1.807) is 13.8 Å². The van der Waals surface area contributed by atoms with Crippen LogP contribution in [0.2, 0.25) is 0 Å². The van der Waals surface area contributed by atoms with Crippen molar-refractivity contribution >= 4 is 11.9 Å². The summed E-state index contributed by atoms with van der Waals surface area (Å²) in [6, 6.07) is 0. The molecule has 1 aliphatic rings. The number of aliphatic hydroxyl groups is 1. The van der Waals surface area contributed by atoms with Gasteiger partial charge in [-0.3, -0.25) is 0 Å². The quantitative estimate of drug-likeness (QED) is 0.460. The fourth-order valence-electron chi connectivity index (χ4n) is 2.21. The Morgan fingerprint density at radius 1 is 1.42 bits per heavy atom. The summed E-state index contributed by atoms with van der Waals surface area (Å²) in [7, 11) is 0. The first-order valence-corrected chi connectivity index (χ1v) is 6.21. The number of carboxylic acid groups (broad SMARTS) is 1. The lowest BCUT2D eigenvalue weighted by Gasteiger charge is -2.36. The topological polar surface area (TPSA) is 83.8 Å². The molecule has 5 heteroatoms. The molecular formula is C14H20O5. The van der Waals surface area contributed by atoms with Crippen LogP contribution >= 0.6 is 0 Å². The Labute approximate surface area is 112 Å². The van der Waals surface area contributed by atoms with E-state index >= 15 is 0 Å². The van der Waals surface area contributed by atoms with Gasteiger partial charge in [-0.25, -0.2) is 9.59 Å². The lowest BCUT2D eigenvalue weighted by molar-refractivity contribution is -0.148. The van der Waals surface area contributed by atoms with Gasteiger partial charge >= 0.3 is 11.9 Å². The van der Waals surface area contributed by atoms with E-state index in [1.165, 1.54) is 0 Å². The summed E-state index contributed by atoms with van der Waals surface area (Å²) in [6.07, 6.45) is 4.49. The van der Waals surface area contributed by atoms with Gasteiger partial charge in [-0.1, -0.05) is 5.57 Å². The van der Waals surface area contributed by atoms with E-state index in [0.29, 0.717) is 0 Å².